The van der Waals surface area contributed by atoms with Crippen LogP contribution in [0.4, 0.5) is 18.0 Å². The zero-order valence-electron chi connectivity index (χ0n) is 16.9. The number of carbonyl (C=O) groups is 1. The molecule has 4 rings (SSSR count). The molecule has 1 aromatic carbocycles. The van der Waals surface area contributed by atoms with Crippen molar-refractivity contribution in [1.29, 1.82) is 0 Å². The SMILES string of the molecule is O=C(O)N1CC2CN(Cc3cc(CN4CCCCC4)cc(OC(F)(F)F)c3)CC2C1. The lowest BCUT2D eigenvalue weighted by Crippen LogP contribution is -2.32. The first-order valence-corrected chi connectivity index (χ1v) is 10.6. The number of ether oxygens (including phenoxy) is 1. The average Bonchev–Trinajstić information content (AvgIpc) is 3.19. The van der Waals surface area contributed by atoms with Crippen molar-refractivity contribution < 1.29 is 27.8 Å². The van der Waals surface area contributed by atoms with Crippen LogP contribution in [0, 0.1) is 11.8 Å². The van der Waals surface area contributed by atoms with E-state index < -0.39 is 12.5 Å². The van der Waals surface area contributed by atoms with Crippen molar-refractivity contribution in [3.63, 3.8) is 0 Å². The number of alkyl halides is 3. The molecule has 3 saturated heterocycles. The van der Waals surface area contributed by atoms with Crippen LogP contribution in [0.1, 0.15) is 30.4 Å². The van der Waals surface area contributed by atoms with E-state index in [-0.39, 0.29) is 5.75 Å². The van der Waals surface area contributed by atoms with Gasteiger partial charge in [0.05, 0.1) is 0 Å². The third kappa shape index (κ3) is 5.37. The smallest absolute Gasteiger partial charge is 0.465 e. The molecule has 2 unspecified atom stereocenters. The zero-order chi connectivity index (χ0) is 21.3. The van der Waals surface area contributed by atoms with E-state index in [1.807, 2.05) is 6.07 Å². The molecule has 1 amide bonds. The number of fused-ring (bicyclic) bond motifs is 1. The topological polar surface area (TPSA) is 56.2 Å². The molecule has 1 N–H and O–H groups in total. The summed E-state index contributed by atoms with van der Waals surface area (Å²) in [6.45, 7) is 5.70. The van der Waals surface area contributed by atoms with E-state index in [9.17, 15) is 18.0 Å². The molecule has 9 heteroatoms. The molecule has 166 valence electrons. The summed E-state index contributed by atoms with van der Waals surface area (Å²) in [5.41, 5.74) is 1.64. The van der Waals surface area contributed by atoms with Crippen molar-refractivity contribution in [2.24, 2.45) is 11.8 Å². The van der Waals surface area contributed by atoms with Crippen LogP contribution in [-0.2, 0) is 13.1 Å². The Morgan fingerprint density at radius 1 is 0.933 bits per heavy atom. The van der Waals surface area contributed by atoms with Crippen LogP contribution in [0.3, 0.4) is 0 Å². The molecule has 1 aromatic rings. The Balaban J connectivity index is 1.44. The maximum atomic E-state index is 12.8. The highest BCUT2D eigenvalue weighted by Gasteiger charge is 2.41. The molecule has 3 aliphatic heterocycles. The maximum absolute atomic E-state index is 12.8. The van der Waals surface area contributed by atoms with E-state index in [2.05, 4.69) is 14.5 Å². The lowest BCUT2D eigenvalue weighted by molar-refractivity contribution is -0.274. The Morgan fingerprint density at radius 2 is 1.50 bits per heavy atom. The predicted molar refractivity (Wildman–Crippen MR) is 104 cm³/mol. The second kappa shape index (κ2) is 8.63. The maximum Gasteiger partial charge on any atom is 0.573 e. The number of halogens is 3. The average molecular weight is 427 g/mol. The van der Waals surface area contributed by atoms with Gasteiger partial charge in [0.15, 0.2) is 0 Å². The molecule has 30 heavy (non-hydrogen) atoms. The fraction of sp³-hybridized carbons (Fsp3) is 0.667. The van der Waals surface area contributed by atoms with Crippen LogP contribution < -0.4 is 4.74 Å². The summed E-state index contributed by atoms with van der Waals surface area (Å²) < 4.78 is 42.7. The summed E-state index contributed by atoms with van der Waals surface area (Å²) in [5, 5.41) is 9.16. The number of benzene rings is 1. The van der Waals surface area contributed by atoms with Gasteiger partial charge in [-0.15, -0.1) is 13.2 Å². The number of likely N-dealkylation sites (tertiary alicyclic amines) is 3. The van der Waals surface area contributed by atoms with Crippen LogP contribution in [0.2, 0.25) is 0 Å². The number of carboxylic acid groups (broad SMARTS) is 1. The highest BCUT2D eigenvalue weighted by molar-refractivity contribution is 5.65. The number of hydrogen-bond acceptors (Lipinski definition) is 4. The van der Waals surface area contributed by atoms with Gasteiger partial charge in [-0.2, -0.15) is 0 Å². The third-order valence-electron chi connectivity index (χ3n) is 6.35. The van der Waals surface area contributed by atoms with Gasteiger partial charge in [-0.05, 0) is 61.0 Å². The van der Waals surface area contributed by atoms with Gasteiger partial charge in [0, 0.05) is 39.3 Å². The van der Waals surface area contributed by atoms with Crippen LogP contribution in [-0.4, -0.2) is 71.5 Å². The summed E-state index contributed by atoms with van der Waals surface area (Å²) in [6.07, 6.45) is -2.15. The van der Waals surface area contributed by atoms with Crippen LogP contribution in [0.15, 0.2) is 18.2 Å². The molecule has 0 spiro atoms. The van der Waals surface area contributed by atoms with Crippen molar-refractivity contribution in [2.45, 2.75) is 38.7 Å². The normalized spacial score (nSPS) is 25.5. The minimum atomic E-state index is -4.72. The molecule has 3 fully saturated rings. The second-order valence-corrected chi connectivity index (χ2v) is 8.77. The number of amides is 1. The van der Waals surface area contributed by atoms with Crippen molar-refractivity contribution in [3.8, 4) is 5.75 Å². The summed E-state index contributed by atoms with van der Waals surface area (Å²) >= 11 is 0. The standard InChI is InChI=1S/C21H28F3N3O3/c22-21(23,24)30-19-7-15(9-25-4-2-1-3-5-25)6-16(8-19)10-26-11-17-13-27(20(28)29)14-18(17)12-26/h6-8,17-18H,1-5,9-14H2,(H,28,29). The lowest BCUT2D eigenvalue weighted by Gasteiger charge is -2.27. The fourth-order valence-corrected chi connectivity index (χ4v) is 5.11. The van der Waals surface area contributed by atoms with E-state index >= 15 is 0 Å². The minimum absolute atomic E-state index is 0.163. The summed E-state index contributed by atoms with van der Waals surface area (Å²) in [7, 11) is 0. The first-order chi connectivity index (χ1) is 14.2. The van der Waals surface area contributed by atoms with Gasteiger partial charge in [-0.1, -0.05) is 12.5 Å². The van der Waals surface area contributed by atoms with Gasteiger partial charge in [-0.25, -0.2) is 4.79 Å². The number of hydrogen-bond donors (Lipinski definition) is 1. The summed E-state index contributed by atoms with van der Waals surface area (Å²) in [5.74, 6) is 0.426. The van der Waals surface area contributed by atoms with Gasteiger partial charge >= 0.3 is 12.5 Å². The van der Waals surface area contributed by atoms with E-state index in [4.69, 9.17) is 5.11 Å². The van der Waals surface area contributed by atoms with E-state index in [1.165, 1.54) is 23.5 Å². The molecule has 0 saturated carbocycles. The minimum Gasteiger partial charge on any atom is -0.465 e. The Hall–Kier alpha value is -2.00. The number of rotatable bonds is 5. The van der Waals surface area contributed by atoms with Crippen LogP contribution in [0.25, 0.3) is 0 Å². The van der Waals surface area contributed by atoms with Crippen molar-refractivity contribution in [1.82, 2.24) is 14.7 Å². The molecule has 0 aliphatic carbocycles. The van der Waals surface area contributed by atoms with Crippen molar-refractivity contribution >= 4 is 6.09 Å². The third-order valence-corrected chi connectivity index (χ3v) is 6.35. The molecular formula is C21H28F3N3O3. The molecule has 6 nitrogen and oxygen atoms in total. The monoisotopic (exact) mass is 427 g/mol. The van der Waals surface area contributed by atoms with Gasteiger partial charge in [0.25, 0.3) is 0 Å². The van der Waals surface area contributed by atoms with Crippen LogP contribution in [0.5, 0.6) is 5.75 Å². The quantitative estimate of drug-likeness (QED) is 0.778. The Kier molecular flexibility index (Phi) is 6.11. The van der Waals surface area contributed by atoms with Gasteiger partial charge in [-0.3, -0.25) is 9.80 Å². The largest absolute Gasteiger partial charge is 0.573 e. The Morgan fingerprint density at radius 3 is 2.03 bits per heavy atom. The van der Waals surface area contributed by atoms with Crippen LogP contribution >= 0.6 is 0 Å². The Bertz CT molecular complexity index is 754. The first-order valence-electron chi connectivity index (χ1n) is 10.6. The highest BCUT2D eigenvalue weighted by Crippen LogP contribution is 2.33. The van der Waals surface area contributed by atoms with Crippen molar-refractivity contribution in [2.75, 3.05) is 39.3 Å². The van der Waals surface area contributed by atoms with Gasteiger partial charge < -0.3 is 14.7 Å². The number of piperidine rings is 1. The summed E-state index contributed by atoms with van der Waals surface area (Å²) in [4.78, 5) is 17.1. The molecule has 3 heterocycles. The molecule has 0 aromatic heterocycles. The molecule has 0 radical (unpaired) electrons. The molecule has 2 atom stereocenters. The highest BCUT2D eigenvalue weighted by atomic mass is 19.4. The fourth-order valence-electron chi connectivity index (χ4n) is 5.11. The molecular weight excluding hydrogens is 399 g/mol. The number of nitrogens with zero attached hydrogens (tertiary/aromatic N) is 3. The second-order valence-electron chi connectivity index (χ2n) is 8.77. The summed E-state index contributed by atoms with van der Waals surface area (Å²) in [6, 6.07) is 4.95. The van der Waals surface area contributed by atoms with Gasteiger partial charge in [0.1, 0.15) is 5.75 Å². The van der Waals surface area contributed by atoms with Gasteiger partial charge in [0.2, 0.25) is 0 Å². The predicted octanol–water partition coefficient (Wildman–Crippen LogP) is 3.61. The zero-order valence-corrected chi connectivity index (χ0v) is 16.9. The Labute approximate surface area is 174 Å². The van der Waals surface area contributed by atoms with E-state index in [1.54, 1.807) is 0 Å². The first kappa shape index (κ1) is 21.2. The van der Waals surface area contributed by atoms with E-state index in [0.29, 0.717) is 38.0 Å². The molecule has 3 aliphatic rings. The lowest BCUT2D eigenvalue weighted by atomic mass is 10.0. The molecule has 0 bridgehead atoms. The van der Waals surface area contributed by atoms with E-state index in [0.717, 1.165) is 50.1 Å². The van der Waals surface area contributed by atoms with Crippen molar-refractivity contribution in [3.05, 3.63) is 29.3 Å².